The molecule has 2 aliphatic rings. The highest BCUT2D eigenvalue weighted by Gasteiger charge is 2.36. The van der Waals surface area contributed by atoms with Crippen molar-refractivity contribution in [3.63, 3.8) is 0 Å². The topological polar surface area (TPSA) is 91.0 Å². The number of hydrogen-bond acceptors (Lipinski definition) is 5. The molecule has 0 radical (unpaired) electrons. The van der Waals surface area contributed by atoms with Crippen molar-refractivity contribution < 1.29 is 19.1 Å². The number of hydrogen-bond donors (Lipinski definition) is 2. The molecule has 0 aromatic carbocycles. The van der Waals surface area contributed by atoms with E-state index in [2.05, 4.69) is 10.6 Å². The third kappa shape index (κ3) is 6.87. The Balaban J connectivity index is 2.06. The van der Waals surface area contributed by atoms with Crippen LogP contribution in [0, 0.1) is 5.92 Å². The molecule has 0 spiro atoms. The van der Waals surface area contributed by atoms with Crippen molar-refractivity contribution in [3.05, 3.63) is 0 Å². The summed E-state index contributed by atoms with van der Waals surface area (Å²) in [4.78, 5) is 41.6. The van der Waals surface area contributed by atoms with Crippen molar-refractivity contribution in [3.8, 4) is 0 Å². The molecule has 2 fully saturated rings. The molecule has 29 heavy (non-hydrogen) atoms. The molecule has 1 saturated carbocycles. The normalized spacial score (nSPS) is 20.5. The maximum Gasteiger partial charge on any atom is 0.410 e. The molecule has 2 N–H and O–H groups in total. The number of nitrogens with one attached hydrogen (secondary N) is 2. The molecule has 0 aromatic heterocycles. The van der Waals surface area contributed by atoms with Gasteiger partial charge in [-0.15, -0.1) is 0 Å². The van der Waals surface area contributed by atoms with Gasteiger partial charge in [-0.2, -0.15) is 0 Å². The lowest BCUT2D eigenvalue weighted by Gasteiger charge is -2.37. The van der Waals surface area contributed by atoms with Crippen LogP contribution in [0.3, 0.4) is 0 Å². The van der Waals surface area contributed by atoms with Gasteiger partial charge in [-0.25, -0.2) is 4.79 Å². The van der Waals surface area contributed by atoms with Gasteiger partial charge >= 0.3 is 6.09 Å². The van der Waals surface area contributed by atoms with Crippen molar-refractivity contribution in [1.29, 1.82) is 0 Å². The number of likely N-dealkylation sites (N-methyl/N-ethyl adjacent to an activating group) is 1. The van der Waals surface area contributed by atoms with E-state index in [1.165, 1.54) is 11.3 Å². The Kier molecular flexibility index (Phi) is 8.31. The van der Waals surface area contributed by atoms with E-state index in [-0.39, 0.29) is 17.7 Å². The zero-order valence-corrected chi connectivity index (χ0v) is 18.6. The van der Waals surface area contributed by atoms with Gasteiger partial charge in [-0.05, 0) is 46.5 Å². The monoisotopic (exact) mass is 410 g/mol. The summed E-state index contributed by atoms with van der Waals surface area (Å²) in [5, 5.41) is 6.24. The average Bonchev–Trinajstić information content (AvgIpc) is 2.70. The Hall–Kier alpha value is -1.83. The maximum atomic E-state index is 13.2. The van der Waals surface area contributed by atoms with Gasteiger partial charge in [0.15, 0.2) is 0 Å². The van der Waals surface area contributed by atoms with Gasteiger partial charge < -0.3 is 20.3 Å². The molecule has 1 saturated heterocycles. The van der Waals surface area contributed by atoms with Crippen molar-refractivity contribution >= 4 is 17.9 Å². The first-order valence-electron chi connectivity index (χ1n) is 10.9. The van der Waals surface area contributed by atoms with Gasteiger partial charge in [0.05, 0.1) is 0 Å². The molecule has 2 rings (SSSR count). The molecule has 1 heterocycles. The molecule has 2 atom stereocenters. The van der Waals surface area contributed by atoms with Crippen molar-refractivity contribution in [2.24, 2.45) is 5.92 Å². The highest BCUT2D eigenvalue weighted by Crippen LogP contribution is 2.27. The minimum absolute atomic E-state index is 0.00105. The quantitative estimate of drug-likeness (QED) is 0.720. The summed E-state index contributed by atoms with van der Waals surface area (Å²) in [5.74, 6) is -0.176. The molecular formula is C21H38N4O4. The van der Waals surface area contributed by atoms with Crippen LogP contribution in [0.4, 0.5) is 4.79 Å². The fourth-order valence-corrected chi connectivity index (χ4v) is 3.87. The summed E-state index contributed by atoms with van der Waals surface area (Å²) >= 11 is 0. The summed E-state index contributed by atoms with van der Waals surface area (Å²) < 4.78 is 5.36. The van der Waals surface area contributed by atoms with Crippen LogP contribution >= 0.6 is 0 Å². The highest BCUT2D eigenvalue weighted by molar-refractivity contribution is 5.91. The molecule has 0 aromatic rings. The van der Waals surface area contributed by atoms with Crippen LogP contribution in [0.1, 0.15) is 59.8 Å². The maximum absolute atomic E-state index is 13.2. The van der Waals surface area contributed by atoms with Gasteiger partial charge in [-0.1, -0.05) is 19.3 Å². The predicted octanol–water partition coefficient (Wildman–Crippen LogP) is 1.74. The van der Waals surface area contributed by atoms with E-state index in [1.54, 1.807) is 34.7 Å². The lowest BCUT2D eigenvalue weighted by atomic mass is 9.83. The smallest absolute Gasteiger partial charge is 0.410 e. The molecular weight excluding hydrogens is 372 g/mol. The van der Waals surface area contributed by atoms with Crippen LogP contribution in [0.15, 0.2) is 0 Å². The lowest BCUT2D eigenvalue weighted by molar-refractivity contribution is -0.139. The van der Waals surface area contributed by atoms with E-state index in [9.17, 15) is 14.4 Å². The van der Waals surface area contributed by atoms with Crippen LogP contribution in [0.5, 0.6) is 0 Å². The summed E-state index contributed by atoms with van der Waals surface area (Å²) in [7, 11) is 1.55. The fourth-order valence-electron chi connectivity index (χ4n) is 3.87. The summed E-state index contributed by atoms with van der Waals surface area (Å²) in [6.07, 6.45) is 4.68. The second kappa shape index (κ2) is 10.3. The van der Waals surface area contributed by atoms with E-state index < -0.39 is 23.8 Å². The van der Waals surface area contributed by atoms with Gasteiger partial charge in [0, 0.05) is 33.2 Å². The van der Waals surface area contributed by atoms with Gasteiger partial charge in [0.25, 0.3) is 0 Å². The lowest BCUT2D eigenvalue weighted by Crippen LogP contribution is -2.59. The zero-order chi connectivity index (χ0) is 21.6. The number of ether oxygens (including phenoxy) is 1. The third-order valence-corrected chi connectivity index (χ3v) is 5.76. The van der Waals surface area contributed by atoms with Crippen LogP contribution < -0.4 is 10.6 Å². The van der Waals surface area contributed by atoms with Crippen LogP contribution in [0.25, 0.3) is 0 Å². The Bertz CT molecular complexity index is 578. The number of carbonyl (C=O) groups excluding carboxylic acids is 3. The average molecular weight is 411 g/mol. The standard InChI is InChI=1S/C21H38N4O4/c1-15(24(5)20(28)29-21(2,3)4)18(26)23-17(16-9-7-6-8-10-16)19(27)25-13-11-22-12-14-25/h15-17,22H,6-14H2,1-5H3,(H,23,26). The van der Waals surface area contributed by atoms with Crippen molar-refractivity contribution in [2.75, 3.05) is 33.2 Å². The second-order valence-electron chi connectivity index (χ2n) is 9.23. The first-order valence-corrected chi connectivity index (χ1v) is 10.9. The first-order chi connectivity index (χ1) is 13.6. The summed E-state index contributed by atoms with van der Waals surface area (Å²) in [6.45, 7) is 9.88. The van der Waals surface area contributed by atoms with E-state index in [0.717, 1.165) is 38.8 Å². The van der Waals surface area contributed by atoms with Crippen LogP contribution in [-0.2, 0) is 14.3 Å². The van der Waals surface area contributed by atoms with E-state index >= 15 is 0 Å². The number of piperazine rings is 1. The third-order valence-electron chi connectivity index (χ3n) is 5.76. The largest absolute Gasteiger partial charge is 0.444 e. The number of amides is 3. The van der Waals surface area contributed by atoms with E-state index in [4.69, 9.17) is 4.74 Å². The molecule has 166 valence electrons. The highest BCUT2D eigenvalue weighted by atomic mass is 16.6. The second-order valence-corrected chi connectivity index (χ2v) is 9.23. The van der Waals surface area contributed by atoms with Crippen molar-refractivity contribution in [1.82, 2.24) is 20.4 Å². The fraction of sp³-hybridized carbons (Fsp3) is 0.857. The Morgan fingerprint density at radius 2 is 1.69 bits per heavy atom. The van der Waals surface area contributed by atoms with Crippen LogP contribution in [0.2, 0.25) is 0 Å². The number of nitrogens with zero attached hydrogens (tertiary/aromatic N) is 2. The van der Waals surface area contributed by atoms with Gasteiger partial charge in [0.2, 0.25) is 11.8 Å². The Morgan fingerprint density at radius 3 is 2.24 bits per heavy atom. The molecule has 3 amide bonds. The molecule has 8 heteroatoms. The van der Waals surface area contributed by atoms with Crippen molar-refractivity contribution in [2.45, 2.75) is 77.5 Å². The SMILES string of the molecule is CC(C(=O)NC(C(=O)N1CCNCC1)C1CCCCC1)N(C)C(=O)OC(C)(C)C. The number of carbonyl (C=O) groups is 3. The van der Waals surface area contributed by atoms with E-state index in [1.807, 2.05) is 4.90 Å². The minimum Gasteiger partial charge on any atom is -0.444 e. The van der Waals surface area contributed by atoms with Crippen LogP contribution in [-0.4, -0.2) is 78.6 Å². The van der Waals surface area contributed by atoms with E-state index in [0.29, 0.717) is 13.1 Å². The first kappa shape index (κ1) is 23.4. The van der Waals surface area contributed by atoms with Gasteiger partial charge in [0.1, 0.15) is 17.7 Å². The molecule has 1 aliphatic carbocycles. The number of rotatable bonds is 5. The molecule has 8 nitrogen and oxygen atoms in total. The minimum atomic E-state index is -0.730. The molecule has 1 aliphatic heterocycles. The zero-order valence-electron chi connectivity index (χ0n) is 18.6. The Morgan fingerprint density at radius 1 is 1.10 bits per heavy atom. The molecule has 0 bridgehead atoms. The summed E-state index contributed by atoms with van der Waals surface area (Å²) in [5.41, 5.74) is -0.634. The van der Waals surface area contributed by atoms with Gasteiger partial charge in [-0.3, -0.25) is 14.5 Å². The summed E-state index contributed by atoms with van der Waals surface area (Å²) in [6, 6.07) is -1.26. The Labute approximate surface area is 174 Å². The molecule has 2 unspecified atom stereocenters. The predicted molar refractivity (Wildman–Crippen MR) is 111 cm³/mol.